The highest BCUT2D eigenvalue weighted by Crippen LogP contribution is 2.45. The number of benzene rings is 2. The van der Waals surface area contributed by atoms with E-state index in [2.05, 4.69) is 0 Å². The van der Waals surface area contributed by atoms with Crippen molar-refractivity contribution in [2.75, 3.05) is 6.61 Å². The lowest BCUT2D eigenvalue weighted by Gasteiger charge is -2.15. The van der Waals surface area contributed by atoms with Crippen LogP contribution in [0.2, 0.25) is 0 Å². The number of aromatic nitrogens is 1. The second kappa shape index (κ2) is 10.0. The van der Waals surface area contributed by atoms with Crippen LogP contribution in [0.3, 0.4) is 0 Å². The number of carbonyl (C=O) groups is 2. The van der Waals surface area contributed by atoms with Gasteiger partial charge in [0.25, 0.3) is 0 Å². The Morgan fingerprint density at radius 2 is 1.88 bits per heavy atom. The molecule has 0 spiro atoms. The quantitative estimate of drug-likeness (QED) is 0.360. The van der Waals surface area contributed by atoms with E-state index in [1.54, 1.807) is 25.1 Å². The van der Waals surface area contributed by atoms with Gasteiger partial charge in [-0.3, -0.25) is 14.6 Å². The normalized spacial score (nSPS) is 14.5. The lowest BCUT2D eigenvalue weighted by atomic mass is 9.92. The van der Waals surface area contributed by atoms with Crippen LogP contribution >= 0.6 is 0 Å². The minimum absolute atomic E-state index is 0.180. The number of ketones is 1. The van der Waals surface area contributed by atoms with Crippen LogP contribution in [0.4, 0.5) is 4.39 Å². The summed E-state index contributed by atoms with van der Waals surface area (Å²) < 4.78 is 18.4. The number of halogens is 1. The third kappa shape index (κ3) is 5.52. The number of hydrogen-bond acceptors (Lipinski definition) is 5. The van der Waals surface area contributed by atoms with Gasteiger partial charge >= 0.3 is 5.97 Å². The molecule has 1 aliphatic carbocycles. The average Bonchev–Trinajstić information content (AvgIpc) is 3.63. The van der Waals surface area contributed by atoms with Crippen molar-refractivity contribution in [1.29, 1.82) is 0 Å². The fourth-order valence-corrected chi connectivity index (χ4v) is 3.97. The van der Waals surface area contributed by atoms with E-state index in [9.17, 15) is 19.1 Å². The predicted octanol–water partition coefficient (Wildman–Crippen LogP) is 5.20. The molecule has 6 heteroatoms. The van der Waals surface area contributed by atoms with Gasteiger partial charge in [0.15, 0.2) is 5.78 Å². The zero-order chi connectivity index (χ0) is 23.4. The maximum atomic E-state index is 13.6. The number of fused-ring (bicyclic) bond motifs is 1. The zero-order valence-electron chi connectivity index (χ0n) is 18.5. The molecule has 3 aromatic rings. The Hall–Kier alpha value is -3.38. The van der Waals surface area contributed by atoms with Gasteiger partial charge in [-0.05, 0) is 55.7 Å². The van der Waals surface area contributed by atoms with E-state index >= 15 is 0 Å². The minimum Gasteiger partial charge on any atom is -0.466 e. The van der Waals surface area contributed by atoms with Gasteiger partial charge in [0.1, 0.15) is 5.82 Å². The number of para-hydroxylation sites is 1. The number of aliphatic hydroxyl groups excluding tert-OH is 1. The predicted molar refractivity (Wildman–Crippen MR) is 125 cm³/mol. The van der Waals surface area contributed by atoms with Crippen molar-refractivity contribution in [3.8, 4) is 11.1 Å². The van der Waals surface area contributed by atoms with E-state index in [-0.39, 0.29) is 31.0 Å². The third-order valence-corrected chi connectivity index (χ3v) is 5.64. The SMILES string of the molecule is CCOC(=O)C[C@H](O)CC(=O)/C=C/c1c(C2CC2)nc2ccccc2c1-c1ccc(F)cc1. The first-order chi connectivity index (χ1) is 16.0. The topological polar surface area (TPSA) is 76.5 Å². The van der Waals surface area contributed by atoms with Crippen LogP contribution in [-0.2, 0) is 14.3 Å². The molecule has 1 fully saturated rings. The first-order valence-corrected chi connectivity index (χ1v) is 11.2. The monoisotopic (exact) mass is 447 g/mol. The summed E-state index contributed by atoms with van der Waals surface area (Å²) in [5.41, 5.74) is 4.34. The summed E-state index contributed by atoms with van der Waals surface area (Å²) in [4.78, 5) is 29.0. The molecule has 0 unspecified atom stereocenters. The zero-order valence-corrected chi connectivity index (χ0v) is 18.5. The molecule has 0 aliphatic heterocycles. The molecule has 1 heterocycles. The second-order valence-electron chi connectivity index (χ2n) is 8.25. The molecule has 33 heavy (non-hydrogen) atoms. The van der Waals surface area contributed by atoms with Crippen molar-refractivity contribution in [2.24, 2.45) is 0 Å². The van der Waals surface area contributed by atoms with Crippen LogP contribution < -0.4 is 0 Å². The van der Waals surface area contributed by atoms with Crippen molar-refractivity contribution in [2.45, 2.75) is 44.6 Å². The highest BCUT2D eigenvalue weighted by Gasteiger charge is 2.29. The summed E-state index contributed by atoms with van der Waals surface area (Å²) in [5, 5.41) is 11.0. The molecule has 1 aromatic heterocycles. The van der Waals surface area contributed by atoms with E-state index in [0.29, 0.717) is 5.92 Å². The number of pyridine rings is 1. The third-order valence-electron chi connectivity index (χ3n) is 5.64. The Bertz CT molecular complexity index is 1200. The molecule has 5 nitrogen and oxygen atoms in total. The lowest BCUT2D eigenvalue weighted by Crippen LogP contribution is -2.18. The summed E-state index contributed by atoms with van der Waals surface area (Å²) in [6.45, 7) is 1.91. The average molecular weight is 448 g/mol. The number of rotatable bonds is 9. The maximum Gasteiger partial charge on any atom is 0.308 e. The van der Waals surface area contributed by atoms with Crippen LogP contribution in [0, 0.1) is 5.82 Å². The first kappa shape index (κ1) is 22.8. The summed E-state index contributed by atoms with van der Waals surface area (Å²) in [6.07, 6.45) is 3.72. The van der Waals surface area contributed by atoms with Gasteiger partial charge in [-0.25, -0.2) is 4.39 Å². The van der Waals surface area contributed by atoms with Crippen LogP contribution in [0.5, 0.6) is 0 Å². The molecule has 0 radical (unpaired) electrons. The van der Waals surface area contributed by atoms with Gasteiger partial charge < -0.3 is 9.84 Å². The van der Waals surface area contributed by atoms with E-state index in [0.717, 1.165) is 46.1 Å². The molecule has 0 amide bonds. The fourth-order valence-electron chi connectivity index (χ4n) is 3.97. The molecular weight excluding hydrogens is 421 g/mol. The fraction of sp³-hybridized carbons (Fsp3) is 0.296. The summed E-state index contributed by atoms with van der Waals surface area (Å²) >= 11 is 0. The van der Waals surface area contributed by atoms with Gasteiger partial charge in [0, 0.05) is 28.9 Å². The largest absolute Gasteiger partial charge is 0.466 e. The van der Waals surface area contributed by atoms with Gasteiger partial charge in [0.05, 0.1) is 30.3 Å². The number of allylic oxidation sites excluding steroid dienone is 1. The minimum atomic E-state index is -1.10. The Morgan fingerprint density at radius 1 is 1.15 bits per heavy atom. The van der Waals surface area contributed by atoms with Crippen molar-refractivity contribution >= 4 is 28.7 Å². The van der Waals surface area contributed by atoms with Crippen LogP contribution in [0.15, 0.2) is 54.6 Å². The highest BCUT2D eigenvalue weighted by molar-refractivity contribution is 6.02. The number of ether oxygens (including phenoxy) is 1. The Balaban J connectivity index is 1.71. The molecule has 1 N–H and O–H groups in total. The van der Waals surface area contributed by atoms with Gasteiger partial charge in [-0.15, -0.1) is 0 Å². The smallest absolute Gasteiger partial charge is 0.308 e. The summed E-state index contributed by atoms with van der Waals surface area (Å²) in [7, 11) is 0. The summed E-state index contributed by atoms with van der Waals surface area (Å²) in [5.74, 6) is -0.831. The standard InChI is InChI=1S/C27H26FNO4/c1-2-33-25(32)16-21(31)15-20(30)13-14-23-26(17-9-11-19(28)12-10-17)22-5-3-4-6-24(22)29-27(23)18-7-8-18/h3-6,9-14,18,21,31H,2,7-8,15-16H2,1H3/b14-13+/t21-/m1/s1. The molecule has 1 atom stereocenters. The Labute approximate surface area is 191 Å². The number of hydrogen-bond donors (Lipinski definition) is 1. The van der Waals surface area contributed by atoms with Crippen molar-refractivity contribution in [3.05, 3.63) is 71.7 Å². The first-order valence-electron chi connectivity index (χ1n) is 11.2. The second-order valence-corrected chi connectivity index (χ2v) is 8.25. The molecule has 1 aliphatic rings. The molecule has 4 rings (SSSR count). The van der Waals surface area contributed by atoms with Crippen LogP contribution in [-0.4, -0.2) is 34.6 Å². The number of nitrogens with zero attached hydrogens (tertiary/aromatic N) is 1. The maximum absolute atomic E-state index is 13.6. The van der Waals surface area contributed by atoms with Crippen molar-refractivity contribution < 1.29 is 23.8 Å². The van der Waals surface area contributed by atoms with Crippen molar-refractivity contribution in [1.82, 2.24) is 4.98 Å². The van der Waals surface area contributed by atoms with Gasteiger partial charge in [0.2, 0.25) is 0 Å². The Morgan fingerprint density at radius 3 is 2.58 bits per heavy atom. The lowest BCUT2D eigenvalue weighted by molar-refractivity contribution is -0.145. The van der Waals surface area contributed by atoms with E-state index in [1.165, 1.54) is 18.2 Å². The van der Waals surface area contributed by atoms with Crippen LogP contribution in [0.25, 0.3) is 28.1 Å². The number of carbonyl (C=O) groups excluding carboxylic acids is 2. The van der Waals surface area contributed by atoms with Gasteiger partial charge in [-0.1, -0.05) is 30.3 Å². The number of esters is 1. The highest BCUT2D eigenvalue weighted by atomic mass is 19.1. The van der Waals surface area contributed by atoms with E-state index in [4.69, 9.17) is 9.72 Å². The van der Waals surface area contributed by atoms with Crippen LogP contribution in [0.1, 0.15) is 49.8 Å². The Kier molecular flexibility index (Phi) is 6.94. The molecule has 0 bridgehead atoms. The molecular formula is C27H26FNO4. The van der Waals surface area contributed by atoms with E-state index < -0.39 is 12.1 Å². The van der Waals surface area contributed by atoms with Gasteiger partial charge in [-0.2, -0.15) is 0 Å². The summed E-state index contributed by atoms with van der Waals surface area (Å²) in [6, 6.07) is 14.1. The molecule has 1 saturated carbocycles. The molecule has 170 valence electrons. The van der Waals surface area contributed by atoms with E-state index in [1.807, 2.05) is 24.3 Å². The number of aliphatic hydroxyl groups is 1. The van der Waals surface area contributed by atoms with Crippen molar-refractivity contribution in [3.63, 3.8) is 0 Å². The molecule has 0 saturated heterocycles. The molecule has 2 aromatic carbocycles.